The molecule has 2 aromatic carbocycles. The van der Waals surface area contributed by atoms with Gasteiger partial charge in [-0.05, 0) is 36.8 Å². The second-order valence-corrected chi connectivity index (χ2v) is 8.09. The van der Waals surface area contributed by atoms with E-state index in [1.165, 1.54) is 28.0 Å². The first-order valence-corrected chi connectivity index (χ1v) is 11.0. The van der Waals surface area contributed by atoms with E-state index in [0.717, 1.165) is 21.8 Å². The van der Waals surface area contributed by atoms with Crippen LogP contribution in [0.2, 0.25) is 0 Å². The summed E-state index contributed by atoms with van der Waals surface area (Å²) < 4.78 is 14.6. The van der Waals surface area contributed by atoms with Gasteiger partial charge in [-0.25, -0.2) is 14.2 Å². The Balaban J connectivity index is 1.64. The van der Waals surface area contributed by atoms with E-state index in [9.17, 15) is 14.0 Å². The summed E-state index contributed by atoms with van der Waals surface area (Å²) in [4.78, 5) is 33.9. The molecule has 9 heteroatoms. The van der Waals surface area contributed by atoms with Gasteiger partial charge in [-0.2, -0.15) is 0 Å². The van der Waals surface area contributed by atoms with Gasteiger partial charge in [0.05, 0.1) is 18.8 Å². The number of halogens is 1. The quantitative estimate of drug-likeness (QED) is 0.449. The number of aromatic amines is 1. The minimum Gasteiger partial charge on any atom is -0.383 e. The molecule has 3 N–H and O–H groups in total. The van der Waals surface area contributed by atoms with Crippen molar-refractivity contribution >= 4 is 22.8 Å². The molecule has 0 aliphatic rings. The van der Waals surface area contributed by atoms with Crippen molar-refractivity contribution in [2.75, 3.05) is 17.2 Å². The highest BCUT2D eigenvalue weighted by atomic mass is 32.1. The number of aromatic nitrogens is 3. The summed E-state index contributed by atoms with van der Waals surface area (Å²) >= 11 is 1.44. The molecule has 164 valence electrons. The van der Waals surface area contributed by atoms with E-state index in [4.69, 9.17) is 5.73 Å². The molecule has 0 fully saturated rings. The largest absolute Gasteiger partial charge is 0.383 e. The van der Waals surface area contributed by atoms with Crippen LogP contribution in [0.4, 0.5) is 15.9 Å². The molecule has 0 aliphatic heterocycles. The Labute approximate surface area is 187 Å². The molecule has 0 bridgehead atoms. The number of thiazole rings is 1. The smallest absolute Gasteiger partial charge is 0.330 e. The van der Waals surface area contributed by atoms with Gasteiger partial charge in [0.15, 0.2) is 0 Å². The third-order valence-corrected chi connectivity index (χ3v) is 6.03. The van der Waals surface area contributed by atoms with Gasteiger partial charge in [-0.1, -0.05) is 30.3 Å². The lowest BCUT2D eigenvalue weighted by Crippen LogP contribution is -2.38. The van der Waals surface area contributed by atoms with Crippen molar-refractivity contribution in [1.29, 1.82) is 0 Å². The van der Waals surface area contributed by atoms with Crippen LogP contribution in [0.5, 0.6) is 0 Å². The predicted octanol–water partition coefficient (Wildman–Crippen LogP) is 3.46. The second-order valence-electron chi connectivity index (χ2n) is 7.23. The monoisotopic (exact) mass is 451 g/mol. The molecule has 4 rings (SSSR count). The molecule has 0 saturated carbocycles. The topological polar surface area (TPSA) is 97.0 Å². The van der Waals surface area contributed by atoms with E-state index in [1.54, 1.807) is 17.0 Å². The maximum Gasteiger partial charge on any atom is 0.330 e. The van der Waals surface area contributed by atoms with Crippen molar-refractivity contribution in [2.45, 2.75) is 20.0 Å². The van der Waals surface area contributed by atoms with Crippen LogP contribution in [0.25, 0.3) is 10.6 Å². The lowest BCUT2D eigenvalue weighted by Gasteiger charge is -2.24. The van der Waals surface area contributed by atoms with Crippen molar-refractivity contribution in [3.63, 3.8) is 0 Å². The number of nitrogens with zero attached hydrogens (tertiary/aromatic N) is 3. The van der Waals surface area contributed by atoms with Crippen molar-refractivity contribution in [2.24, 2.45) is 0 Å². The number of hydrogen-bond acceptors (Lipinski definition) is 6. The highest BCUT2D eigenvalue weighted by molar-refractivity contribution is 7.13. The third-order valence-electron chi connectivity index (χ3n) is 5.09. The van der Waals surface area contributed by atoms with Crippen LogP contribution in [-0.2, 0) is 13.1 Å². The Morgan fingerprint density at radius 2 is 1.84 bits per heavy atom. The zero-order valence-electron chi connectivity index (χ0n) is 17.4. The molecule has 7 nitrogen and oxygen atoms in total. The molecule has 2 aromatic heterocycles. The lowest BCUT2D eigenvalue weighted by molar-refractivity contribution is 0.628. The summed E-state index contributed by atoms with van der Waals surface area (Å²) in [6, 6.07) is 15.6. The lowest BCUT2D eigenvalue weighted by atomic mass is 10.2. The van der Waals surface area contributed by atoms with Gasteiger partial charge in [0.25, 0.3) is 5.56 Å². The first-order chi connectivity index (χ1) is 15.5. The molecular formula is C23H22FN5O2S. The predicted molar refractivity (Wildman–Crippen MR) is 126 cm³/mol. The molecule has 0 radical (unpaired) electrons. The first-order valence-electron chi connectivity index (χ1n) is 10.1. The highest BCUT2D eigenvalue weighted by Gasteiger charge is 2.19. The number of benzene rings is 2. The zero-order chi connectivity index (χ0) is 22.7. The number of rotatable bonds is 7. The van der Waals surface area contributed by atoms with Crippen LogP contribution in [-0.4, -0.2) is 21.1 Å². The van der Waals surface area contributed by atoms with Crippen molar-refractivity contribution in [1.82, 2.24) is 14.5 Å². The molecule has 0 atom stereocenters. The highest BCUT2D eigenvalue weighted by Crippen LogP contribution is 2.26. The normalized spacial score (nSPS) is 10.9. The van der Waals surface area contributed by atoms with E-state index in [1.807, 2.05) is 42.6 Å². The molecule has 0 unspecified atom stereocenters. The fraction of sp³-hybridized carbons (Fsp3) is 0.174. The minimum absolute atomic E-state index is 0.110. The molecule has 0 amide bonds. The number of H-pyrrole nitrogens is 1. The minimum atomic E-state index is -0.552. The van der Waals surface area contributed by atoms with E-state index in [-0.39, 0.29) is 23.9 Å². The van der Waals surface area contributed by atoms with Gasteiger partial charge < -0.3 is 10.6 Å². The average molecular weight is 452 g/mol. The number of anilines is 2. The fourth-order valence-electron chi connectivity index (χ4n) is 3.46. The van der Waals surface area contributed by atoms with E-state index in [2.05, 4.69) is 9.97 Å². The summed E-state index contributed by atoms with van der Waals surface area (Å²) in [6.45, 7) is 2.97. The third kappa shape index (κ3) is 4.47. The van der Waals surface area contributed by atoms with Crippen LogP contribution in [0.3, 0.4) is 0 Å². The van der Waals surface area contributed by atoms with Crippen molar-refractivity contribution in [3.05, 3.63) is 97.9 Å². The Morgan fingerprint density at radius 3 is 2.53 bits per heavy atom. The van der Waals surface area contributed by atoms with Crippen LogP contribution in [0, 0.1) is 5.82 Å². The number of nitrogens with two attached hydrogens (primary N) is 1. The average Bonchev–Trinajstić information content (AvgIpc) is 3.25. The Hall–Kier alpha value is -3.72. The van der Waals surface area contributed by atoms with Gasteiger partial charge in [0.1, 0.15) is 22.3 Å². The number of nitrogens with one attached hydrogen (secondary N) is 1. The van der Waals surface area contributed by atoms with Crippen LogP contribution < -0.4 is 21.9 Å². The second kappa shape index (κ2) is 9.19. The van der Waals surface area contributed by atoms with Crippen molar-refractivity contribution < 1.29 is 4.39 Å². The molecular weight excluding hydrogens is 429 g/mol. The summed E-state index contributed by atoms with van der Waals surface area (Å²) in [5, 5.41) is 2.65. The summed E-state index contributed by atoms with van der Waals surface area (Å²) in [5.41, 5.74) is 7.93. The molecule has 0 saturated heterocycles. The first kappa shape index (κ1) is 21.5. The Morgan fingerprint density at radius 1 is 1.12 bits per heavy atom. The molecule has 0 spiro atoms. The van der Waals surface area contributed by atoms with Gasteiger partial charge in [0, 0.05) is 17.5 Å². The zero-order valence-corrected chi connectivity index (χ0v) is 18.2. The van der Waals surface area contributed by atoms with Gasteiger partial charge in [0.2, 0.25) is 0 Å². The fourth-order valence-corrected chi connectivity index (χ4v) is 4.27. The van der Waals surface area contributed by atoms with Crippen LogP contribution >= 0.6 is 11.3 Å². The van der Waals surface area contributed by atoms with Crippen molar-refractivity contribution in [3.8, 4) is 10.6 Å². The Bertz CT molecular complexity index is 1330. The van der Waals surface area contributed by atoms with E-state index in [0.29, 0.717) is 13.1 Å². The maximum atomic E-state index is 13.2. The molecule has 2 heterocycles. The van der Waals surface area contributed by atoms with Crippen LogP contribution in [0.15, 0.2) is 69.6 Å². The van der Waals surface area contributed by atoms with E-state index < -0.39 is 11.2 Å². The SMILES string of the molecule is CCN(Cc1csc(-c2ccc(F)cc2)n1)c1c(N)n(Cc2ccccc2)c(=O)[nH]c1=O. The van der Waals surface area contributed by atoms with Gasteiger partial charge >= 0.3 is 5.69 Å². The summed E-state index contributed by atoms with van der Waals surface area (Å²) in [5.74, 6) is -0.193. The standard InChI is InChI=1S/C23H22FN5O2S/c1-2-28(13-18-14-32-22(26-18)16-8-10-17(24)11-9-16)19-20(25)29(23(31)27-21(19)30)12-15-6-4-3-5-7-15/h3-11,14H,2,12-13,25H2,1H3,(H,27,30,31). The van der Waals surface area contributed by atoms with Gasteiger partial charge in [-0.3, -0.25) is 14.3 Å². The maximum absolute atomic E-state index is 13.2. The summed E-state index contributed by atoms with van der Waals surface area (Å²) in [7, 11) is 0. The number of nitrogen functional groups attached to an aromatic ring is 1. The van der Waals surface area contributed by atoms with Gasteiger partial charge in [-0.15, -0.1) is 11.3 Å². The van der Waals surface area contributed by atoms with Crippen LogP contribution in [0.1, 0.15) is 18.2 Å². The number of hydrogen-bond donors (Lipinski definition) is 2. The molecule has 0 aliphatic carbocycles. The van der Waals surface area contributed by atoms with E-state index >= 15 is 0 Å². The molecule has 32 heavy (non-hydrogen) atoms. The molecule has 4 aromatic rings. The Kier molecular flexibility index (Phi) is 6.18. The summed E-state index contributed by atoms with van der Waals surface area (Å²) in [6.07, 6.45) is 0.